The first-order valence-corrected chi connectivity index (χ1v) is 10.7. The van der Waals surface area contributed by atoms with Gasteiger partial charge >= 0.3 is 6.03 Å². The molecule has 2 aromatic rings. The molecule has 0 aromatic heterocycles. The maximum atomic E-state index is 12.2. The minimum Gasteiger partial charge on any atom is -0.455 e. The van der Waals surface area contributed by atoms with E-state index in [9.17, 15) is 4.79 Å². The minimum atomic E-state index is -0.247. The molecule has 0 saturated heterocycles. The van der Waals surface area contributed by atoms with Gasteiger partial charge < -0.3 is 20.1 Å². The maximum absolute atomic E-state index is 12.2. The number of nitrogens with one attached hydrogen (secondary N) is 2. The van der Waals surface area contributed by atoms with Gasteiger partial charge in [-0.1, -0.05) is 63.4 Å². The minimum absolute atomic E-state index is 0.247. The zero-order valence-electron chi connectivity index (χ0n) is 17.7. The maximum Gasteiger partial charge on any atom is 0.319 e. The molecule has 0 fully saturated rings. The number of ether oxygens (including phenoxy) is 2. The van der Waals surface area contributed by atoms with Crippen molar-refractivity contribution in [3.05, 3.63) is 54.6 Å². The topological polar surface area (TPSA) is 59.6 Å². The lowest BCUT2D eigenvalue weighted by Gasteiger charge is -2.15. The number of carbonyl (C=O) groups excluding carboxylic acids is 1. The van der Waals surface area contributed by atoms with E-state index in [1.54, 1.807) is 0 Å². The third-order valence-electron chi connectivity index (χ3n) is 4.75. The van der Waals surface area contributed by atoms with Crippen LogP contribution in [-0.2, 0) is 4.74 Å². The van der Waals surface area contributed by atoms with Gasteiger partial charge in [-0.15, -0.1) is 0 Å². The summed E-state index contributed by atoms with van der Waals surface area (Å²) in [5, 5.41) is 5.73. The Morgan fingerprint density at radius 2 is 1.76 bits per heavy atom. The van der Waals surface area contributed by atoms with E-state index in [-0.39, 0.29) is 6.03 Å². The summed E-state index contributed by atoms with van der Waals surface area (Å²) in [5.41, 5.74) is 0.631. The molecule has 158 valence electrons. The molecular weight excluding hydrogens is 364 g/mol. The van der Waals surface area contributed by atoms with Crippen molar-refractivity contribution in [2.24, 2.45) is 5.92 Å². The lowest BCUT2D eigenvalue weighted by molar-refractivity contribution is 0.0925. The average Bonchev–Trinajstić information content (AvgIpc) is 2.75. The van der Waals surface area contributed by atoms with Crippen molar-refractivity contribution < 1.29 is 14.3 Å². The Hall–Kier alpha value is -2.53. The van der Waals surface area contributed by atoms with E-state index in [2.05, 4.69) is 24.5 Å². The third kappa shape index (κ3) is 9.01. The Labute approximate surface area is 174 Å². The van der Waals surface area contributed by atoms with Crippen molar-refractivity contribution >= 4 is 11.7 Å². The second-order valence-corrected chi connectivity index (χ2v) is 7.14. The Balaban J connectivity index is 1.68. The second kappa shape index (κ2) is 13.6. The molecule has 1 atom stereocenters. The zero-order chi connectivity index (χ0) is 20.7. The Kier molecular flexibility index (Phi) is 10.7. The molecule has 29 heavy (non-hydrogen) atoms. The summed E-state index contributed by atoms with van der Waals surface area (Å²) in [6.07, 6.45) is 5.68. The highest BCUT2D eigenvalue weighted by molar-refractivity contribution is 5.90. The highest BCUT2D eigenvalue weighted by Crippen LogP contribution is 2.28. The highest BCUT2D eigenvalue weighted by Gasteiger charge is 2.08. The van der Waals surface area contributed by atoms with Crippen molar-refractivity contribution in [2.75, 3.05) is 25.1 Å². The summed E-state index contributed by atoms with van der Waals surface area (Å²) in [6, 6.07) is 16.7. The van der Waals surface area contributed by atoms with E-state index in [1.807, 2.05) is 54.6 Å². The molecule has 0 bridgehead atoms. The van der Waals surface area contributed by atoms with Gasteiger partial charge in [0.05, 0.1) is 5.69 Å². The summed E-state index contributed by atoms with van der Waals surface area (Å²) in [7, 11) is 0. The largest absolute Gasteiger partial charge is 0.455 e. The molecule has 0 saturated carbocycles. The molecule has 2 aromatic carbocycles. The van der Waals surface area contributed by atoms with E-state index in [0.717, 1.165) is 25.2 Å². The van der Waals surface area contributed by atoms with Crippen molar-refractivity contribution in [3.63, 3.8) is 0 Å². The van der Waals surface area contributed by atoms with Crippen LogP contribution in [0.1, 0.15) is 46.0 Å². The van der Waals surface area contributed by atoms with Gasteiger partial charge in [-0.2, -0.15) is 0 Å². The number of anilines is 1. The summed E-state index contributed by atoms with van der Waals surface area (Å²) in [4.78, 5) is 12.2. The number of unbranched alkanes of at least 4 members (excludes halogenated alkanes) is 1. The van der Waals surface area contributed by atoms with Crippen LogP contribution >= 0.6 is 0 Å². The van der Waals surface area contributed by atoms with Gasteiger partial charge in [0.2, 0.25) is 0 Å². The highest BCUT2D eigenvalue weighted by atomic mass is 16.5. The Morgan fingerprint density at radius 3 is 2.52 bits per heavy atom. The van der Waals surface area contributed by atoms with E-state index >= 15 is 0 Å². The monoisotopic (exact) mass is 398 g/mol. The quantitative estimate of drug-likeness (QED) is 0.394. The number of para-hydroxylation sites is 3. The van der Waals surface area contributed by atoms with Crippen LogP contribution in [0, 0.1) is 5.92 Å². The Morgan fingerprint density at radius 1 is 1.00 bits per heavy atom. The van der Waals surface area contributed by atoms with Crippen LogP contribution in [0.25, 0.3) is 0 Å². The molecule has 2 rings (SSSR count). The van der Waals surface area contributed by atoms with Crippen LogP contribution in [0.4, 0.5) is 10.5 Å². The lowest BCUT2D eigenvalue weighted by Crippen LogP contribution is -2.30. The fraction of sp³-hybridized carbons (Fsp3) is 0.458. The fourth-order valence-corrected chi connectivity index (χ4v) is 2.97. The lowest BCUT2D eigenvalue weighted by atomic mass is 10.0. The molecule has 5 nitrogen and oxygen atoms in total. The van der Waals surface area contributed by atoms with E-state index in [4.69, 9.17) is 9.47 Å². The molecule has 1 unspecified atom stereocenters. The molecule has 0 spiro atoms. The normalized spacial score (nSPS) is 11.7. The first-order valence-electron chi connectivity index (χ1n) is 10.7. The van der Waals surface area contributed by atoms with Crippen molar-refractivity contribution in [1.82, 2.24) is 5.32 Å². The number of hydrogen-bond acceptors (Lipinski definition) is 3. The van der Waals surface area contributed by atoms with Crippen molar-refractivity contribution in [2.45, 2.75) is 46.0 Å². The van der Waals surface area contributed by atoms with Crippen LogP contribution in [0.15, 0.2) is 54.6 Å². The predicted molar refractivity (Wildman–Crippen MR) is 119 cm³/mol. The number of amides is 2. The van der Waals surface area contributed by atoms with E-state index < -0.39 is 0 Å². The van der Waals surface area contributed by atoms with Gasteiger partial charge in [0.25, 0.3) is 0 Å². The molecule has 5 heteroatoms. The van der Waals surface area contributed by atoms with Crippen LogP contribution in [0.3, 0.4) is 0 Å². The molecule has 0 aliphatic carbocycles. The standard InChI is InChI=1S/C24H34N2O3/c1-3-5-12-20(4-2)19-28-18-11-17-25-24(27)26-22-15-9-10-16-23(22)29-21-13-7-6-8-14-21/h6-10,13-16,20H,3-5,11-12,17-19H2,1-2H3,(H2,25,26,27). The van der Waals surface area contributed by atoms with Crippen molar-refractivity contribution in [1.29, 1.82) is 0 Å². The molecule has 0 heterocycles. The fourth-order valence-electron chi connectivity index (χ4n) is 2.97. The summed E-state index contributed by atoms with van der Waals surface area (Å²) in [6.45, 7) is 6.48. The number of hydrogen-bond donors (Lipinski definition) is 2. The second-order valence-electron chi connectivity index (χ2n) is 7.14. The van der Waals surface area contributed by atoms with Crippen LogP contribution in [0.2, 0.25) is 0 Å². The molecule has 2 N–H and O–H groups in total. The number of rotatable bonds is 13. The Bertz CT molecular complexity index is 706. The molecule has 0 aliphatic heterocycles. The first kappa shape index (κ1) is 22.8. The molecular formula is C24H34N2O3. The van der Waals surface area contributed by atoms with Gasteiger partial charge in [0.1, 0.15) is 5.75 Å². The van der Waals surface area contributed by atoms with Gasteiger partial charge in [0.15, 0.2) is 5.75 Å². The third-order valence-corrected chi connectivity index (χ3v) is 4.75. The summed E-state index contributed by atoms with van der Waals surface area (Å²) >= 11 is 0. The van der Waals surface area contributed by atoms with Gasteiger partial charge in [-0.3, -0.25) is 0 Å². The zero-order valence-corrected chi connectivity index (χ0v) is 17.7. The van der Waals surface area contributed by atoms with Gasteiger partial charge in [-0.25, -0.2) is 4.79 Å². The molecule has 0 radical (unpaired) electrons. The number of benzene rings is 2. The molecule has 0 aliphatic rings. The summed E-state index contributed by atoms with van der Waals surface area (Å²) in [5.74, 6) is 1.98. The van der Waals surface area contributed by atoms with Gasteiger partial charge in [0, 0.05) is 19.8 Å². The summed E-state index contributed by atoms with van der Waals surface area (Å²) < 4.78 is 11.6. The average molecular weight is 399 g/mol. The van der Waals surface area contributed by atoms with E-state index in [1.165, 1.54) is 19.3 Å². The van der Waals surface area contributed by atoms with Crippen LogP contribution < -0.4 is 15.4 Å². The van der Waals surface area contributed by atoms with Crippen molar-refractivity contribution in [3.8, 4) is 11.5 Å². The number of urea groups is 1. The predicted octanol–water partition coefficient (Wildman–Crippen LogP) is 6.22. The van der Waals surface area contributed by atoms with Crippen LogP contribution in [-0.4, -0.2) is 25.8 Å². The number of carbonyl (C=O) groups is 1. The van der Waals surface area contributed by atoms with Gasteiger partial charge in [-0.05, 0) is 43.0 Å². The van der Waals surface area contributed by atoms with E-state index in [0.29, 0.717) is 30.5 Å². The first-order chi connectivity index (χ1) is 14.2. The molecule has 2 amide bonds. The smallest absolute Gasteiger partial charge is 0.319 e. The SMILES string of the molecule is CCCCC(CC)COCCCNC(=O)Nc1ccccc1Oc1ccccc1. The van der Waals surface area contributed by atoms with Crippen LogP contribution in [0.5, 0.6) is 11.5 Å².